The Morgan fingerprint density at radius 1 is 1.44 bits per heavy atom. The highest BCUT2D eigenvalue weighted by molar-refractivity contribution is 7.13. The number of halogens is 1. The minimum atomic E-state index is -0.380. The number of H-pyrrole nitrogens is 1. The van der Waals surface area contributed by atoms with Crippen LogP contribution in [0.1, 0.15) is 23.3 Å². The van der Waals surface area contributed by atoms with Crippen molar-refractivity contribution in [3.8, 4) is 10.6 Å². The van der Waals surface area contributed by atoms with Gasteiger partial charge in [0.2, 0.25) is 0 Å². The number of nitrogens with zero attached hydrogens (tertiary/aromatic N) is 3. The van der Waals surface area contributed by atoms with Gasteiger partial charge in [0.25, 0.3) is 5.91 Å². The standard InChI is InChI=1S/C18H19FN6OS/c19-13-4-1-5-14(16(13)25-6-2-3-12(20)9-25)23-17(26)15-10-27-18(24-15)11-7-21-22-8-11/h1,4-5,7-8,10,12H,2-3,6,9,20H2,(H,21,22)(H,23,26)/t12-/m1/s1. The monoisotopic (exact) mass is 386 g/mol. The number of hydrogen-bond acceptors (Lipinski definition) is 6. The summed E-state index contributed by atoms with van der Waals surface area (Å²) in [4.78, 5) is 18.9. The lowest BCUT2D eigenvalue weighted by atomic mass is 10.1. The Labute approximate surface area is 159 Å². The van der Waals surface area contributed by atoms with Crippen LogP contribution in [0.15, 0.2) is 36.0 Å². The van der Waals surface area contributed by atoms with E-state index in [0.717, 1.165) is 18.4 Å². The summed E-state index contributed by atoms with van der Waals surface area (Å²) in [5, 5.41) is 11.8. The molecule has 0 spiro atoms. The van der Waals surface area contributed by atoms with E-state index in [1.165, 1.54) is 17.4 Å². The zero-order chi connectivity index (χ0) is 18.8. The maximum absolute atomic E-state index is 14.5. The summed E-state index contributed by atoms with van der Waals surface area (Å²) >= 11 is 1.35. The molecule has 0 bridgehead atoms. The van der Waals surface area contributed by atoms with Crippen LogP contribution in [0.4, 0.5) is 15.8 Å². The van der Waals surface area contributed by atoms with Crippen molar-refractivity contribution in [3.05, 3.63) is 47.5 Å². The fourth-order valence-electron chi connectivity index (χ4n) is 3.22. The molecule has 1 amide bonds. The summed E-state index contributed by atoms with van der Waals surface area (Å²) in [7, 11) is 0. The molecular formula is C18H19FN6OS. The number of rotatable bonds is 4. The Morgan fingerprint density at radius 3 is 3.11 bits per heavy atom. The summed E-state index contributed by atoms with van der Waals surface area (Å²) in [6.45, 7) is 1.27. The van der Waals surface area contributed by atoms with E-state index in [-0.39, 0.29) is 23.5 Å². The number of piperidine rings is 1. The lowest BCUT2D eigenvalue weighted by Crippen LogP contribution is -2.43. The first-order valence-electron chi connectivity index (χ1n) is 8.67. The average molecular weight is 386 g/mol. The van der Waals surface area contributed by atoms with E-state index >= 15 is 0 Å². The number of nitrogens with two attached hydrogens (primary N) is 1. The van der Waals surface area contributed by atoms with E-state index < -0.39 is 0 Å². The summed E-state index contributed by atoms with van der Waals surface area (Å²) in [5.41, 5.74) is 7.93. The Bertz CT molecular complexity index is 941. The number of anilines is 2. The highest BCUT2D eigenvalue weighted by atomic mass is 32.1. The number of nitrogens with one attached hydrogen (secondary N) is 2. The normalized spacial score (nSPS) is 17.1. The van der Waals surface area contributed by atoms with E-state index in [1.54, 1.807) is 29.9 Å². The zero-order valence-electron chi connectivity index (χ0n) is 14.5. The van der Waals surface area contributed by atoms with Gasteiger partial charge in [0.05, 0.1) is 17.6 Å². The lowest BCUT2D eigenvalue weighted by molar-refractivity contribution is 0.102. The second-order valence-corrected chi connectivity index (χ2v) is 7.32. The number of thiazole rings is 1. The molecule has 27 heavy (non-hydrogen) atoms. The van der Waals surface area contributed by atoms with Crippen LogP contribution in [-0.4, -0.2) is 40.2 Å². The van der Waals surface area contributed by atoms with Crippen molar-refractivity contribution >= 4 is 28.6 Å². The van der Waals surface area contributed by atoms with Gasteiger partial charge in [-0.25, -0.2) is 9.37 Å². The molecule has 0 unspecified atom stereocenters. The summed E-state index contributed by atoms with van der Waals surface area (Å²) in [5.74, 6) is -0.756. The van der Waals surface area contributed by atoms with Crippen LogP contribution in [-0.2, 0) is 0 Å². The first-order chi connectivity index (χ1) is 13.1. The van der Waals surface area contributed by atoms with Crippen molar-refractivity contribution in [1.29, 1.82) is 0 Å². The molecule has 1 saturated heterocycles. The molecule has 3 heterocycles. The number of aromatic amines is 1. The summed E-state index contributed by atoms with van der Waals surface area (Å²) in [6.07, 6.45) is 5.17. The number of hydrogen-bond donors (Lipinski definition) is 3. The average Bonchev–Trinajstić information content (AvgIpc) is 3.33. The minimum absolute atomic E-state index is 0.00188. The molecule has 4 N–H and O–H groups in total. The molecule has 0 aliphatic carbocycles. The third-order valence-corrected chi connectivity index (χ3v) is 5.38. The third-order valence-electron chi connectivity index (χ3n) is 4.49. The van der Waals surface area contributed by atoms with Crippen LogP contribution >= 0.6 is 11.3 Å². The smallest absolute Gasteiger partial charge is 0.275 e. The Kier molecular flexibility index (Phi) is 4.87. The van der Waals surface area contributed by atoms with Crippen LogP contribution in [0.3, 0.4) is 0 Å². The van der Waals surface area contributed by atoms with E-state index in [9.17, 15) is 9.18 Å². The molecule has 1 aromatic carbocycles. The van der Waals surface area contributed by atoms with Gasteiger partial charge in [-0.15, -0.1) is 11.3 Å². The molecule has 1 atom stereocenters. The highest BCUT2D eigenvalue weighted by Gasteiger charge is 2.23. The number of benzene rings is 1. The molecule has 1 fully saturated rings. The number of amides is 1. The Hall–Kier alpha value is -2.78. The predicted octanol–water partition coefficient (Wildman–Crippen LogP) is 2.85. The fraction of sp³-hybridized carbons (Fsp3) is 0.278. The number of carbonyl (C=O) groups is 1. The van der Waals surface area contributed by atoms with E-state index in [1.807, 2.05) is 4.90 Å². The van der Waals surface area contributed by atoms with Gasteiger partial charge in [0.15, 0.2) is 0 Å². The predicted molar refractivity (Wildman–Crippen MR) is 103 cm³/mol. The molecule has 7 nitrogen and oxygen atoms in total. The number of para-hydroxylation sites is 1. The van der Waals surface area contributed by atoms with E-state index in [0.29, 0.717) is 29.5 Å². The van der Waals surface area contributed by atoms with Crippen molar-refractivity contribution in [1.82, 2.24) is 15.2 Å². The van der Waals surface area contributed by atoms with Gasteiger partial charge in [-0.3, -0.25) is 9.89 Å². The van der Waals surface area contributed by atoms with Crippen molar-refractivity contribution in [3.63, 3.8) is 0 Å². The van der Waals surface area contributed by atoms with Gasteiger partial charge < -0.3 is 16.0 Å². The van der Waals surface area contributed by atoms with Crippen molar-refractivity contribution in [2.45, 2.75) is 18.9 Å². The van der Waals surface area contributed by atoms with E-state index in [4.69, 9.17) is 5.73 Å². The number of aromatic nitrogens is 3. The van der Waals surface area contributed by atoms with E-state index in [2.05, 4.69) is 20.5 Å². The lowest BCUT2D eigenvalue weighted by Gasteiger charge is -2.34. The second-order valence-electron chi connectivity index (χ2n) is 6.46. The second kappa shape index (κ2) is 7.45. The summed E-state index contributed by atoms with van der Waals surface area (Å²) in [6, 6.07) is 4.67. The van der Waals surface area contributed by atoms with Gasteiger partial charge in [0.1, 0.15) is 16.5 Å². The molecule has 140 valence electrons. The van der Waals surface area contributed by atoms with Gasteiger partial charge in [0, 0.05) is 36.3 Å². The van der Waals surface area contributed by atoms with Gasteiger partial charge in [-0.2, -0.15) is 5.10 Å². The molecule has 4 rings (SSSR count). The zero-order valence-corrected chi connectivity index (χ0v) is 15.3. The molecule has 9 heteroatoms. The van der Waals surface area contributed by atoms with Crippen molar-refractivity contribution in [2.24, 2.45) is 5.73 Å². The van der Waals surface area contributed by atoms with Crippen molar-refractivity contribution < 1.29 is 9.18 Å². The minimum Gasteiger partial charge on any atom is -0.366 e. The highest BCUT2D eigenvalue weighted by Crippen LogP contribution is 2.32. The van der Waals surface area contributed by atoms with Crippen LogP contribution in [0.2, 0.25) is 0 Å². The first kappa shape index (κ1) is 17.6. The van der Waals surface area contributed by atoms with Gasteiger partial charge in [-0.05, 0) is 25.0 Å². The maximum atomic E-state index is 14.5. The molecule has 0 radical (unpaired) electrons. The van der Waals surface area contributed by atoms with Crippen LogP contribution in [0.25, 0.3) is 10.6 Å². The molecule has 1 aliphatic rings. The largest absolute Gasteiger partial charge is 0.366 e. The fourth-order valence-corrected chi connectivity index (χ4v) is 4.00. The van der Waals surface area contributed by atoms with Crippen LogP contribution < -0.4 is 16.0 Å². The van der Waals surface area contributed by atoms with Crippen molar-refractivity contribution in [2.75, 3.05) is 23.3 Å². The topological polar surface area (TPSA) is 99.9 Å². The molecular weight excluding hydrogens is 367 g/mol. The van der Waals surface area contributed by atoms with Crippen LogP contribution in [0.5, 0.6) is 0 Å². The molecule has 2 aromatic heterocycles. The molecule has 1 aliphatic heterocycles. The maximum Gasteiger partial charge on any atom is 0.275 e. The summed E-state index contributed by atoms with van der Waals surface area (Å²) < 4.78 is 14.5. The first-order valence-corrected chi connectivity index (χ1v) is 9.55. The van der Waals surface area contributed by atoms with Gasteiger partial charge in [-0.1, -0.05) is 6.07 Å². The number of carbonyl (C=O) groups excluding carboxylic acids is 1. The molecule has 3 aromatic rings. The molecule has 0 saturated carbocycles. The Morgan fingerprint density at radius 2 is 2.33 bits per heavy atom. The SMILES string of the molecule is N[C@@H]1CCCN(c2c(F)cccc2NC(=O)c2csc(-c3cn[nH]c3)n2)C1. The Balaban J connectivity index is 1.57. The quantitative estimate of drug-likeness (QED) is 0.640. The van der Waals surface area contributed by atoms with Gasteiger partial charge >= 0.3 is 0 Å². The third kappa shape index (κ3) is 3.69. The van der Waals surface area contributed by atoms with Crippen LogP contribution in [0, 0.1) is 5.82 Å².